The van der Waals surface area contributed by atoms with Gasteiger partial charge in [0.05, 0.1) is 5.69 Å². The Morgan fingerprint density at radius 3 is 2.83 bits per heavy atom. The summed E-state index contributed by atoms with van der Waals surface area (Å²) in [5.41, 5.74) is 1.64. The second kappa shape index (κ2) is 7.37. The van der Waals surface area contributed by atoms with Gasteiger partial charge < -0.3 is 4.74 Å². The lowest BCUT2D eigenvalue weighted by Crippen LogP contribution is -2.20. The number of anilines is 1. The third-order valence-corrected chi connectivity index (χ3v) is 3.97. The molecule has 1 aromatic carbocycles. The van der Waals surface area contributed by atoms with E-state index in [4.69, 9.17) is 16.3 Å². The van der Waals surface area contributed by atoms with Crippen LogP contribution >= 0.6 is 22.9 Å². The number of nitrogens with zero attached hydrogens (tertiary/aromatic N) is 2. The van der Waals surface area contributed by atoms with Gasteiger partial charge in [-0.3, -0.25) is 15.1 Å². The van der Waals surface area contributed by atoms with Crippen LogP contribution in [-0.4, -0.2) is 22.5 Å². The summed E-state index contributed by atoms with van der Waals surface area (Å²) in [6, 6.07) is 7.63. The number of aromatic nitrogens is 2. The van der Waals surface area contributed by atoms with Gasteiger partial charge in [0.15, 0.2) is 23.3 Å². The first kappa shape index (κ1) is 16.4. The Labute approximate surface area is 146 Å². The molecular formula is C16H11ClFN3O2S. The smallest absolute Gasteiger partial charge is 0.264 e. The van der Waals surface area contributed by atoms with Crippen molar-refractivity contribution in [3.63, 3.8) is 0 Å². The van der Waals surface area contributed by atoms with Crippen molar-refractivity contribution in [2.45, 2.75) is 0 Å². The second-order valence-corrected chi connectivity index (χ2v) is 5.98. The predicted octanol–water partition coefficient (Wildman–Crippen LogP) is 4.02. The molecule has 0 spiro atoms. The van der Waals surface area contributed by atoms with Crippen molar-refractivity contribution >= 4 is 34.0 Å². The summed E-state index contributed by atoms with van der Waals surface area (Å²) in [5, 5.41) is 5.13. The molecule has 8 heteroatoms. The molecule has 0 bridgehead atoms. The van der Waals surface area contributed by atoms with Crippen molar-refractivity contribution in [1.82, 2.24) is 9.97 Å². The zero-order chi connectivity index (χ0) is 16.9. The molecule has 0 aliphatic carbocycles. The molecular weight excluding hydrogens is 353 g/mol. The Bertz CT molecular complexity index is 858. The maximum absolute atomic E-state index is 13.6. The molecule has 0 saturated carbocycles. The van der Waals surface area contributed by atoms with Crippen LogP contribution in [0.25, 0.3) is 11.3 Å². The van der Waals surface area contributed by atoms with E-state index in [1.807, 2.05) is 17.5 Å². The average Bonchev–Trinajstić information content (AvgIpc) is 3.03. The van der Waals surface area contributed by atoms with Crippen LogP contribution in [-0.2, 0) is 4.79 Å². The summed E-state index contributed by atoms with van der Waals surface area (Å²) in [4.78, 5) is 20.1. The first-order chi connectivity index (χ1) is 11.6. The summed E-state index contributed by atoms with van der Waals surface area (Å²) in [6.45, 7) is -0.331. The minimum Gasteiger partial charge on any atom is -0.481 e. The van der Waals surface area contributed by atoms with Crippen LogP contribution < -0.4 is 10.1 Å². The average molecular weight is 364 g/mol. The molecule has 0 fully saturated rings. The standard InChI is InChI=1S/C16H11ClFN3O2S/c17-11-1-2-14(12(18)7-11)23-8-15(22)21-16-20-13(9-24-16)10-3-5-19-6-4-10/h1-7,9H,8H2,(H,20,21,22). The fourth-order valence-corrected chi connectivity index (χ4v) is 2.77. The molecule has 5 nitrogen and oxygen atoms in total. The Balaban J connectivity index is 1.58. The number of pyridine rings is 1. The van der Waals surface area contributed by atoms with Gasteiger partial charge in [0.25, 0.3) is 5.91 Å². The Morgan fingerprint density at radius 2 is 2.08 bits per heavy atom. The Morgan fingerprint density at radius 1 is 1.29 bits per heavy atom. The molecule has 0 unspecified atom stereocenters. The molecule has 1 amide bonds. The molecule has 24 heavy (non-hydrogen) atoms. The molecule has 0 atom stereocenters. The van der Waals surface area contributed by atoms with E-state index in [0.717, 1.165) is 17.3 Å². The normalized spacial score (nSPS) is 10.4. The van der Waals surface area contributed by atoms with Gasteiger partial charge in [-0.1, -0.05) is 11.6 Å². The summed E-state index contributed by atoms with van der Waals surface area (Å²) in [5.74, 6) is -1.09. The minimum atomic E-state index is -0.621. The maximum Gasteiger partial charge on any atom is 0.264 e. The van der Waals surface area contributed by atoms with Gasteiger partial charge in [0.1, 0.15) is 0 Å². The zero-order valence-electron chi connectivity index (χ0n) is 12.2. The predicted molar refractivity (Wildman–Crippen MR) is 90.9 cm³/mol. The van der Waals surface area contributed by atoms with Gasteiger partial charge in [-0.2, -0.15) is 0 Å². The molecule has 2 heterocycles. The Kier molecular flexibility index (Phi) is 5.02. The first-order valence-corrected chi connectivity index (χ1v) is 8.11. The van der Waals surface area contributed by atoms with Crippen molar-refractivity contribution < 1.29 is 13.9 Å². The highest BCUT2D eigenvalue weighted by molar-refractivity contribution is 7.14. The fourth-order valence-electron chi connectivity index (χ4n) is 1.88. The number of carbonyl (C=O) groups excluding carboxylic acids is 1. The van der Waals surface area contributed by atoms with Crippen molar-refractivity contribution in [3.05, 3.63) is 58.9 Å². The lowest BCUT2D eigenvalue weighted by atomic mass is 10.2. The van der Waals surface area contributed by atoms with E-state index in [0.29, 0.717) is 5.13 Å². The van der Waals surface area contributed by atoms with E-state index in [9.17, 15) is 9.18 Å². The quantitative estimate of drug-likeness (QED) is 0.743. The van der Waals surface area contributed by atoms with E-state index in [1.54, 1.807) is 12.4 Å². The molecule has 0 aliphatic rings. The largest absolute Gasteiger partial charge is 0.481 e. The van der Waals surface area contributed by atoms with Crippen LogP contribution in [0.4, 0.5) is 9.52 Å². The zero-order valence-corrected chi connectivity index (χ0v) is 13.8. The highest BCUT2D eigenvalue weighted by Crippen LogP contribution is 2.24. The topological polar surface area (TPSA) is 64.1 Å². The molecule has 1 N–H and O–H groups in total. The van der Waals surface area contributed by atoms with Gasteiger partial charge >= 0.3 is 0 Å². The SMILES string of the molecule is O=C(COc1ccc(Cl)cc1F)Nc1nc(-c2ccncc2)cs1. The third-order valence-electron chi connectivity index (χ3n) is 2.98. The van der Waals surface area contributed by atoms with Gasteiger partial charge in [-0.25, -0.2) is 9.37 Å². The fraction of sp³-hybridized carbons (Fsp3) is 0.0625. The van der Waals surface area contributed by atoms with E-state index in [2.05, 4.69) is 15.3 Å². The van der Waals surface area contributed by atoms with Crippen molar-refractivity contribution in [3.8, 4) is 17.0 Å². The number of rotatable bonds is 5. The van der Waals surface area contributed by atoms with Crippen LogP contribution in [0.15, 0.2) is 48.1 Å². The molecule has 122 valence electrons. The summed E-state index contributed by atoms with van der Waals surface area (Å²) < 4.78 is 18.7. The van der Waals surface area contributed by atoms with Gasteiger partial charge in [0.2, 0.25) is 0 Å². The highest BCUT2D eigenvalue weighted by atomic mass is 35.5. The van der Waals surface area contributed by atoms with Gasteiger partial charge in [-0.15, -0.1) is 11.3 Å². The third kappa shape index (κ3) is 4.06. The number of carbonyl (C=O) groups is 1. The number of nitrogens with one attached hydrogen (secondary N) is 1. The number of hydrogen-bond acceptors (Lipinski definition) is 5. The highest BCUT2D eigenvalue weighted by Gasteiger charge is 2.10. The van der Waals surface area contributed by atoms with Crippen molar-refractivity contribution in [1.29, 1.82) is 0 Å². The maximum atomic E-state index is 13.6. The van der Waals surface area contributed by atoms with Crippen LogP contribution in [0.1, 0.15) is 0 Å². The number of hydrogen-bond donors (Lipinski definition) is 1. The van der Waals surface area contributed by atoms with Gasteiger partial charge in [-0.05, 0) is 30.3 Å². The molecule has 0 saturated heterocycles. The number of amides is 1. The molecule has 0 radical (unpaired) electrons. The second-order valence-electron chi connectivity index (χ2n) is 4.69. The number of thiazole rings is 1. The van der Waals surface area contributed by atoms with Crippen LogP contribution in [0, 0.1) is 5.82 Å². The first-order valence-electron chi connectivity index (χ1n) is 6.85. The molecule has 2 aromatic heterocycles. The van der Waals surface area contributed by atoms with Crippen molar-refractivity contribution in [2.24, 2.45) is 0 Å². The Hall–Kier alpha value is -2.51. The van der Waals surface area contributed by atoms with Crippen LogP contribution in [0.5, 0.6) is 5.75 Å². The number of benzene rings is 1. The summed E-state index contributed by atoms with van der Waals surface area (Å²) in [7, 11) is 0. The van der Waals surface area contributed by atoms with Gasteiger partial charge in [0, 0.05) is 28.4 Å². The van der Waals surface area contributed by atoms with Crippen LogP contribution in [0.2, 0.25) is 5.02 Å². The molecule has 3 rings (SSSR count). The summed E-state index contributed by atoms with van der Waals surface area (Å²) in [6.07, 6.45) is 3.34. The molecule has 3 aromatic rings. The van der Waals surface area contributed by atoms with E-state index in [1.165, 1.54) is 23.5 Å². The lowest BCUT2D eigenvalue weighted by Gasteiger charge is -2.06. The van der Waals surface area contributed by atoms with Crippen LogP contribution in [0.3, 0.4) is 0 Å². The number of halogens is 2. The van der Waals surface area contributed by atoms with E-state index >= 15 is 0 Å². The van der Waals surface area contributed by atoms with E-state index in [-0.39, 0.29) is 17.4 Å². The minimum absolute atomic E-state index is 0.0360. The monoisotopic (exact) mass is 363 g/mol. The van der Waals surface area contributed by atoms with Crippen molar-refractivity contribution in [2.75, 3.05) is 11.9 Å². The molecule has 0 aliphatic heterocycles. The van der Waals surface area contributed by atoms with E-state index < -0.39 is 11.7 Å². The number of ether oxygens (including phenoxy) is 1. The summed E-state index contributed by atoms with van der Waals surface area (Å²) >= 11 is 6.94. The lowest BCUT2D eigenvalue weighted by molar-refractivity contribution is -0.118.